The minimum atomic E-state index is -1.14. The molecule has 23 heavy (non-hydrogen) atoms. The van der Waals surface area contributed by atoms with E-state index in [0.29, 0.717) is 0 Å². The maximum atomic E-state index is 12.1. The van der Waals surface area contributed by atoms with Gasteiger partial charge in [-0.1, -0.05) is 30.3 Å². The molecule has 2 saturated heterocycles. The van der Waals surface area contributed by atoms with E-state index in [2.05, 4.69) is 10.8 Å². The van der Waals surface area contributed by atoms with Gasteiger partial charge in [-0.3, -0.25) is 28.9 Å². The first-order chi connectivity index (χ1) is 11.1. The Kier molecular flexibility index (Phi) is 4.07. The molecule has 2 aliphatic heterocycles. The molecule has 0 saturated carbocycles. The van der Waals surface area contributed by atoms with Gasteiger partial charge in [-0.2, -0.15) is 0 Å². The Morgan fingerprint density at radius 2 is 1.83 bits per heavy atom. The highest BCUT2D eigenvalue weighted by molar-refractivity contribution is 6.09. The quantitative estimate of drug-likeness (QED) is 0.328. The summed E-state index contributed by atoms with van der Waals surface area (Å²) in [6.07, 6.45) is -0.723. The first kappa shape index (κ1) is 15.2. The molecule has 0 radical (unpaired) electrons. The Morgan fingerprint density at radius 1 is 1.17 bits per heavy atom. The molecule has 1 aromatic rings. The van der Waals surface area contributed by atoms with Gasteiger partial charge in [-0.15, -0.1) is 0 Å². The molecule has 8 nitrogen and oxygen atoms in total. The van der Waals surface area contributed by atoms with E-state index >= 15 is 0 Å². The standard InChI is InChI=1S/C15H15N3O5/c19-10-6-7-11(20)18(10)13-12(14(21)16-13)15(22)17-23-8-9-4-2-1-3-5-9/h1-5,12-13H,6-8H2,(H,16,21)(H,17,22)/t12-,13-/m0/s1. The lowest BCUT2D eigenvalue weighted by Gasteiger charge is -2.39. The number of hydroxylamine groups is 1. The first-order valence-electron chi connectivity index (χ1n) is 7.19. The molecule has 0 bridgehead atoms. The van der Waals surface area contributed by atoms with Crippen LogP contribution in [0.5, 0.6) is 0 Å². The van der Waals surface area contributed by atoms with Crippen molar-refractivity contribution in [3.05, 3.63) is 35.9 Å². The molecule has 4 amide bonds. The minimum absolute atomic E-state index is 0.101. The number of benzene rings is 1. The van der Waals surface area contributed by atoms with E-state index in [0.717, 1.165) is 10.5 Å². The Bertz CT molecular complexity index is 644. The van der Waals surface area contributed by atoms with Crippen LogP contribution >= 0.6 is 0 Å². The van der Waals surface area contributed by atoms with Crippen LogP contribution in [0, 0.1) is 5.92 Å². The molecule has 2 N–H and O–H groups in total. The zero-order valence-corrected chi connectivity index (χ0v) is 12.2. The molecule has 2 atom stereocenters. The van der Waals surface area contributed by atoms with E-state index in [4.69, 9.17) is 4.84 Å². The number of hydrogen-bond acceptors (Lipinski definition) is 5. The van der Waals surface area contributed by atoms with Crippen LogP contribution in [0.25, 0.3) is 0 Å². The van der Waals surface area contributed by atoms with Crippen molar-refractivity contribution in [2.75, 3.05) is 0 Å². The molecular formula is C15H15N3O5. The number of rotatable bonds is 5. The largest absolute Gasteiger partial charge is 0.333 e. The lowest BCUT2D eigenvalue weighted by molar-refractivity contribution is -0.162. The molecule has 0 aromatic heterocycles. The molecule has 0 unspecified atom stereocenters. The van der Waals surface area contributed by atoms with Crippen LogP contribution < -0.4 is 10.8 Å². The topological polar surface area (TPSA) is 105 Å². The van der Waals surface area contributed by atoms with Gasteiger partial charge < -0.3 is 5.32 Å². The van der Waals surface area contributed by atoms with E-state index in [1.165, 1.54) is 0 Å². The average molecular weight is 317 g/mol. The lowest BCUT2D eigenvalue weighted by atomic mass is 9.95. The molecule has 0 aliphatic carbocycles. The molecule has 0 spiro atoms. The summed E-state index contributed by atoms with van der Waals surface area (Å²) in [6, 6.07) is 9.18. The van der Waals surface area contributed by atoms with Crippen molar-refractivity contribution >= 4 is 23.6 Å². The summed E-state index contributed by atoms with van der Waals surface area (Å²) in [6.45, 7) is 0.146. The Hall–Kier alpha value is -2.74. The molecule has 1 aromatic carbocycles. The van der Waals surface area contributed by atoms with Crippen molar-refractivity contribution in [3.63, 3.8) is 0 Å². The minimum Gasteiger partial charge on any atom is -0.333 e. The van der Waals surface area contributed by atoms with Gasteiger partial charge in [-0.25, -0.2) is 5.48 Å². The van der Waals surface area contributed by atoms with Crippen LogP contribution in [-0.2, 0) is 30.6 Å². The number of carbonyl (C=O) groups is 4. The highest BCUT2D eigenvalue weighted by Gasteiger charge is 2.52. The molecule has 8 heteroatoms. The number of nitrogens with one attached hydrogen (secondary N) is 2. The highest BCUT2D eigenvalue weighted by atomic mass is 16.6. The summed E-state index contributed by atoms with van der Waals surface area (Å²) in [5.74, 6) is -3.13. The Morgan fingerprint density at radius 3 is 2.43 bits per heavy atom. The molecule has 2 heterocycles. The number of nitrogens with zero attached hydrogens (tertiary/aromatic N) is 1. The van der Waals surface area contributed by atoms with Crippen molar-refractivity contribution in [2.24, 2.45) is 5.92 Å². The van der Waals surface area contributed by atoms with Crippen molar-refractivity contribution in [2.45, 2.75) is 25.6 Å². The summed E-state index contributed by atoms with van der Waals surface area (Å²) >= 11 is 0. The number of carbonyl (C=O) groups excluding carboxylic acids is 4. The van der Waals surface area contributed by atoms with E-state index in [1.807, 2.05) is 30.3 Å². The number of amides is 4. The van der Waals surface area contributed by atoms with Gasteiger partial charge >= 0.3 is 0 Å². The van der Waals surface area contributed by atoms with Gasteiger partial charge in [0.25, 0.3) is 5.91 Å². The third-order valence-corrected chi connectivity index (χ3v) is 3.79. The Balaban J connectivity index is 1.56. The monoisotopic (exact) mass is 317 g/mol. The second-order valence-corrected chi connectivity index (χ2v) is 5.33. The zero-order chi connectivity index (χ0) is 16.4. The number of likely N-dealkylation sites (tertiary alicyclic amines) is 1. The fourth-order valence-corrected chi connectivity index (χ4v) is 2.57. The normalized spacial score (nSPS) is 23.5. The maximum absolute atomic E-state index is 12.1. The van der Waals surface area contributed by atoms with Crippen LogP contribution in [0.2, 0.25) is 0 Å². The summed E-state index contributed by atoms with van der Waals surface area (Å²) in [5.41, 5.74) is 3.05. The van der Waals surface area contributed by atoms with Crippen molar-refractivity contribution < 1.29 is 24.0 Å². The van der Waals surface area contributed by atoms with Gasteiger partial charge in [0.05, 0.1) is 6.61 Å². The second-order valence-electron chi connectivity index (χ2n) is 5.33. The lowest BCUT2D eigenvalue weighted by Crippen LogP contribution is -2.70. The van der Waals surface area contributed by atoms with E-state index in [-0.39, 0.29) is 31.3 Å². The molecule has 120 valence electrons. The smallest absolute Gasteiger partial charge is 0.260 e. The fourth-order valence-electron chi connectivity index (χ4n) is 2.57. The molecule has 3 rings (SSSR count). The van der Waals surface area contributed by atoms with Gasteiger partial charge in [0, 0.05) is 12.8 Å². The van der Waals surface area contributed by atoms with Crippen molar-refractivity contribution in [3.8, 4) is 0 Å². The number of hydrogen-bond donors (Lipinski definition) is 2. The third-order valence-electron chi connectivity index (χ3n) is 3.79. The van der Waals surface area contributed by atoms with Crippen LogP contribution in [0.1, 0.15) is 18.4 Å². The van der Waals surface area contributed by atoms with Crippen LogP contribution in [0.3, 0.4) is 0 Å². The van der Waals surface area contributed by atoms with Gasteiger partial charge in [-0.05, 0) is 5.56 Å². The summed E-state index contributed by atoms with van der Waals surface area (Å²) in [4.78, 5) is 53.1. The van der Waals surface area contributed by atoms with Crippen molar-refractivity contribution in [1.29, 1.82) is 0 Å². The van der Waals surface area contributed by atoms with E-state index in [1.54, 1.807) is 0 Å². The number of β-lactam (4-membered cyclic amide) rings is 1. The maximum Gasteiger partial charge on any atom is 0.260 e. The van der Waals surface area contributed by atoms with Crippen molar-refractivity contribution in [1.82, 2.24) is 15.7 Å². The van der Waals surface area contributed by atoms with E-state index < -0.39 is 23.9 Å². The van der Waals surface area contributed by atoms with Gasteiger partial charge in [0.15, 0.2) is 5.92 Å². The van der Waals surface area contributed by atoms with Crippen LogP contribution in [0.15, 0.2) is 30.3 Å². The predicted octanol–water partition coefficient (Wildman–Crippen LogP) is -0.545. The average Bonchev–Trinajstić information content (AvgIpc) is 2.84. The molecule has 2 fully saturated rings. The predicted molar refractivity (Wildman–Crippen MR) is 75.9 cm³/mol. The number of imide groups is 1. The Labute approximate surface area is 131 Å². The SMILES string of the molecule is O=C(NOCc1ccccc1)[C@@H]1C(=O)N[C@H]1N1C(=O)CCC1=O. The van der Waals surface area contributed by atoms with Crippen LogP contribution in [0.4, 0.5) is 0 Å². The second kappa shape index (κ2) is 6.17. The molecular weight excluding hydrogens is 302 g/mol. The summed E-state index contributed by atoms with van der Waals surface area (Å²) in [5, 5.41) is 2.41. The van der Waals surface area contributed by atoms with E-state index in [9.17, 15) is 19.2 Å². The van der Waals surface area contributed by atoms with Crippen LogP contribution in [-0.4, -0.2) is 34.7 Å². The summed E-state index contributed by atoms with van der Waals surface area (Å²) in [7, 11) is 0. The first-order valence-corrected chi connectivity index (χ1v) is 7.19. The third kappa shape index (κ3) is 2.93. The fraction of sp³-hybridized carbons (Fsp3) is 0.333. The zero-order valence-electron chi connectivity index (χ0n) is 12.2. The summed E-state index contributed by atoms with van der Waals surface area (Å²) < 4.78 is 0. The van der Waals surface area contributed by atoms with Gasteiger partial charge in [0.2, 0.25) is 17.7 Å². The molecule has 2 aliphatic rings. The van der Waals surface area contributed by atoms with Gasteiger partial charge in [0.1, 0.15) is 6.17 Å². The highest BCUT2D eigenvalue weighted by Crippen LogP contribution is 2.25.